The third-order valence-electron chi connectivity index (χ3n) is 3.62. The second kappa shape index (κ2) is 8.92. The Morgan fingerprint density at radius 3 is 2.46 bits per heavy atom. The number of benzene rings is 1. The molecule has 5 nitrogen and oxygen atoms in total. The van der Waals surface area contributed by atoms with E-state index >= 15 is 0 Å². The Bertz CT molecular complexity index is 651. The summed E-state index contributed by atoms with van der Waals surface area (Å²) in [7, 11) is 3.13. The number of ether oxygens (including phenoxy) is 3. The van der Waals surface area contributed by atoms with E-state index in [1.165, 1.54) is 16.9 Å². The van der Waals surface area contributed by atoms with Gasteiger partial charge in [-0.2, -0.15) is 0 Å². The van der Waals surface area contributed by atoms with Crippen LogP contribution in [-0.4, -0.2) is 44.5 Å². The number of carbonyl (C=O) groups excluding carboxylic acids is 1. The molecule has 1 aromatic carbocycles. The highest BCUT2D eigenvalue weighted by atomic mass is 32.1. The van der Waals surface area contributed by atoms with Crippen LogP contribution >= 0.6 is 11.3 Å². The molecule has 0 bridgehead atoms. The van der Waals surface area contributed by atoms with Gasteiger partial charge in [0.2, 0.25) is 0 Å². The molecule has 0 radical (unpaired) electrons. The van der Waals surface area contributed by atoms with E-state index < -0.39 is 5.97 Å². The minimum absolute atomic E-state index is 0.138. The first kappa shape index (κ1) is 18.6. The summed E-state index contributed by atoms with van der Waals surface area (Å²) in [4.78, 5) is 16.5. The molecule has 1 atom stereocenters. The molecule has 0 unspecified atom stereocenters. The van der Waals surface area contributed by atoms with Crippen molar-refractivity contribution in [3.05, 3.63) is 40.9 Å². The molecular formula is C18H23NO4S. The Kier molecular flexibility index (Phi) is 6.90. The molecule has 0 N–H and O–H groups in total. The van der Waals surface area contributed by atoms with Crippen molar-refractivity contribution in [1.82, 2.24) is 4.98 Å². The predicted molar refractivity (Wildman–Crippen MR) is 94.6 cm³/mol. The van der Waals surface area contributed by atoms with Crippen LogP contribution in [0.25, 0.3) is 10.6 Å². The standard InChI is InChI=1S/C18H23NO4S/c1-12(2)13-5-7-14(8-6-13)17-19-16(11-24-17)18(20)23-10-15(22-4)9-21-3/h5-8,11-12,15H,9-10H2,1-4H3/t15-/m0/s1. The molecule has 2 aromatic rings. The van der Waals surface area contributed by atoms with Gasteiger partial charge in [0.15, 0.2) is 5.69 Å². The van der Waals surface area contributed by atoms with Crippen molar-refractivity contribution in [1.29, 1.82) is 0 Å². The summed E-state index contributed by atoms with van der Waals surface area (Å²) in [5.74, 6) is 0.0381. The smallest absolute Gasteiger partial charge is 0.357 e. The number of hydrogen-bond donors (Lipinski definition) is 0. The Hall–Kier alpha value is -1.76. The van der Waals surface area contributed by atoms with Gasteiger partial charge in [-0.25, -0.2) is 9.78 Å². The van der Waals surface area contributed by atoms with E-state index in [-0.39, 0.29) is 12.7 Å². The van der Waals surface area contributed by atoms with E-state index in [1.807, 2.05) is 12.1 Å². The molecule has 1 heterocycles. The summed E-state index contributed by atoms with van der Waals surface area (Å²) in [6, 6.07) is 8.24. The minimum Gasteiger partial charge on any atom is -0.458 e. The third kappa shape index (κ3) is 4.87. The van der Waals surface area contributed by atoms with Crippen molar-refractivity contribution in [2.45, 2.75) is 25.9 Å². The van der Waals surface area contributed by atoms with E-state index in [0.717, 1.165) is 10.6 Å². The lowest BCUT2D eigenvalue weighted by Crippen LogP contribution is -2.25. The van der Waals surface area contributed by atoms with Gasteiger partial charge in [0.25, 0.3) is 0 Å². The number of rotatable bonds is 8. The zero-order valence-electron chi connectivity index (χ0n) is 14.4. The van der Waals surface area contributed by atoms with E-state index in [4.69, 9.17) is 14.2 Å². The van der Waals surface area contributed by atoms with E-state index in [2.05, 4.69) is 31.0 Å². The molecule has 1 aromatic heterocycles. The number of esters is 1. The van der Waals surface area contributed by atoms with Gasteiger partial charge in [-0.1, -0.05) is 38.1 Å². The molecule has 0 saturated heterocycles. The first-order chi connectivity index (χ1) is 11.5. The highest BCUT2D eigenvalue weighted by Gasteiger charge is 2.16. The first-order valence-electron chi connectivity index (χ1n) is 7.79. The first-order valence-corrected chi connectivity index (χ1v) is 8.67. The van der Waals surface area contributed by atoms with Gasteiger partial charge < -0.3 is 14.2 Å². The largest absolute Gasteiger partial charge is 0.458 e. The fourth-order valence-electron chi connectivity index (χ4n) is 2.12. The monoisotopic (exact) mass is 349 g/mol. The van der Waals surface area contributed by atoms with Crippen molar-refractivity contribution in [3.63, 3.8) is 0 Å². The van der Waals surface area contributed by atoms with Crippen molar-refractivity contribution in [3.8, 4) is 10.6 Å². The fraction of sp³-hybridized carbons (Fsp3) is 0.444. The average Bonchev–Trinajstić information content (AvgIpc) is 3.08. The molecule has 6 heteroatoms. The van der Waals surface area contributed by atoms with Crippen molar-refractivity contribution >= 4 is 17.3 Å². The van der Waals surface area contributed by atoms with Crippen LogP contribution in [0.4, 0.5) is 0 Å². The number of aromatic nitrogens is 1. The van der Waals surface area contributed by atoms with Crippen LogP contribution in [0.15, 0.2) is 29.6 Å². The van der Waals surface area contributed by atoms with Gasteiger partial charge in [0.05, 0.1) is 6.61 Å². The lowest BCUT2D eigenvalue weighted by Gasteiger charge is -2.13. The van der Waals surface area contributed by atoms with Crippen LogP contribution in [0.5, 0.6) is 0 Å². The molecule has 0 saturated carbocycles. The van der Waals surface area contributed by atoms with E-state index in [1.54, 1.807) is 19.6 Å². The molecule has 24 heavy (non-hydrogen) atoms. The van der Waals surface area contributed by atoms with Crippen molar-refractivity contribution in [2.75, 3.05) is 27.4 Å². The van der Waals surface area contributed by atoms with E-state index in [9.17, 15) is 4.79 Å². The summed E-state index contributed by atoms with van der Waals surface area (Å²) in [6.45, 7) is 4.82. The lowest BCUT2D eigenvalue weighted by atomic mass is 10.0. The van der Waals surface area contributed by atoms with Crippen LogP contribution in [0.3, 0.4) is 0 Å². The Balaban J connectivity index is 2.00. The van der Waals surface area contributed by atoms with Crippen LogP contribution in [0.1, 0.15) is 35.8 Å². The lowest BCUT2D eigenvalue weighted by molar-refractivity contribution is -0.0207. The normalized spacial score (nSPS) is 12.4. The average molecular weight is 349 g/mol. The second-order valence-corrected chi connectivity index (χ2v) is 6.58. The van der Waals surface area contributed by atoms with Crippen LogP contribution < -0.4 is 0 Å². The van der Waals surface area contributed by atoms with Crippen LogP contribution in [0.2, 0.25) is 0 Å². The van der Waals surface area contributed by atoms with Crippen LogP contribution in [0, 0.1) is 0 Å². The Morgan fingerprint density at radius 2 is 1.88 bits per heavy atom. The van der Waals surface area contributed by atoms with Gasteiger partial charge in [0, 0.05) is 25.2 Å². The van der Waals surface area contributed by atoms with Gasteiger partial charge in [-0.15, -0.1) is 11.3 Å². The maximum atomic E-state index is 12.1. The molecular weight excluding hydrogens is 326 g/mol. The second-order valence-electron chi connectivity index (χ2n) is 5.73. The third-order valence-corrected chi connectivity index (χ3v) is 4.52. The topological polar surface area (TPSA) is 57.7 Å². The molecule has 130 valence electrons. The molecule has 0 spiro atoms. The fourth-order valence-corrected chi connectivity index (χ4v) is 2.92. The highest BCUT2D eigenvalue weighted by Crippen LogP contribution is 2.26. The quantitative estimate of drug-likeness (QED) is 0.679. The summed E-state index contributed by atoms with van der Waals surface area (Å²) >= 11 is 1.43. The SMILES string of the molecule is COC[C@@H](COC(=O)c1csc(-c2ccc(C(C)C)cc2)n1)OC. The summed E-state index contributed by atoms with van der Waals surface area (Å²) in [6.07, 6.45) is -0.277. The number of carbonyl (C=O) groups is 1. The predicted octanol–water partition coefficient (Wildman–Crippen LogP) is 3.75. The molecule has 0 aliphatic carbocycles. The summed E-state index contributed by atoms with van der Waals surface area (Å²) in [5, 5.41) is 2.52. The van der Waals surface area contributed by atoms with Crippen molar-refractivity contribution in [2.24, 2.45) is 0 Å². The molecule has 0 fully saturated rings. The molecule has 2 rings (SSSR count). The highest BCUT2D eigenvalue weighted by molar-refractivity contribution is 7.13. The maximum absolute atomic E-state index is 12.1. The van der Waals surface area contributed by atoms with Gasteiger partial charge in [0.1, 0.15) is 17.7 Å². The summed E-state index contributed by atoms with van der Waals surface area (Å²) < 4.78 is 15.4. The van der Waals surface area contributed by atoms with E-state index in [0.29, 0.717) is 18.2 Å². The Morgan fingerprint density at radius 1 is 1.17 bits per heavy atom. The zero-order chi connectivity index (χ0) is 17.5. The van der Waals surface area contributed by atoms with Crippen molar-refractivity contribution < 1.29 is 19.0 Å². The molecule has 0 aliphatic rings. The number of hydrogen-bond acceptors (Lipinski definition) is 6. The molecule has 0 aliphatic heterocycles. The molecule has 0 amide bonds. The summed E-state index contributed by atoms with van der Waals surface area (Å²) in [5.41, 5.74) is 2.59. The van der Waals surface area contributed by atoms with Crippen LogP contribution in [-0.2, 0) is 14.2 Å². The van der Waals surface area contributed by atoms with Gasteiger partial charge in [-0.05, 0) is 11.5 Å². The Labute approximate surface area is 146 Å². The number of methoxy groups -OCH3 is 2. The number of nitrogens with zero attached hydrogens (tertiary/aromatic N) is 1. The zero-order valence-corrected chi connectivity index (χ0v) is 15.3. The minimum atomic E-state index is -0.450. The maximum Gasteiger partial charge on any atom is 0.357 e. The van der Waals surface area contributed by atoms with Gasteiger partial charge in [-0.3, -0.25) is 0 Å². The number of thiazole rings is 1. The van der Waals surface area contributed by atoms with Gasteiger partial charge >= 0.3 is 5.97 Å².